The van der Waals surface area contributed by atoms with Crippen molar-refractivity contribution in [1.82, 2.24) is 4.57 Å². The molecule has 286 valence electrons. The number of hydrogen-bond acceptors (Lipinski definition) is 1. The molecule has 56 heavy (non-hydrogen) atoms. The highest BCUT2D eigenvalue weighted by Gasteiger charge is 2.59. The standard InChI is InChI=1S/C53H61BN2/c1-48(2,3)32-19-22-35(23-20-32)56-45-31-39-41(30-40(45)52(12)25-14-15-26-53(52,56)13)54-42-29-34(50(7,8)9)28-37-36-27-33(49(4,5)6)21-24-43(36)55(47(37)42)44-18-16-17-38(46(44)54)51(39,10)11/h16-24,27-31H,14-15,25-26H2,1-13H3. The van der Waals surface area contributed by atoms with Crippen molar-refractivity contribution in [1.29, 1.82) is 0 Å². The topological polar surface area (TPSA) is 8.17 Å². The minimum atomic E-state index is -0.176. The highest BCUT2D eigenvalue weighted by Crippen LogP contribution is 2.61. The van der Waals surface area contributed by atoms with Crippen molar-refractivity contribution in [3.8, 4) is 5.69 Å². The molecule has 10 rings (SSSR count). The summed E-state index contributed by atoms with van der Waals surface area (Å²) in [6.45, 7) is 31.5. The van der Waals surface area contributed by atoms with E-state index in [1.807, 2.05) is 0 Å². The first kappa shape index (κ1) is 36.1. The molecule has 1 aromatic heterocycles. The van der Waals surface area contributed by atoms with E-state index in [1.54, 1.807) is 5.56 Å². The quantitative estimate of drug-likeness (QED) is 0.152. The van der Waals surface area contributed by atoms with Gasteiger partial charge in [0, 0.05) is 44.2 Å². The van der Waals surface area contributed by atoms with E-state index < -0.39 is 0 Å². The maximum absolute atomic E-state index is 2.79. The highest BCUT2D eigenvalue weighted by atomic mass is 15.3. The van der Waals surface area contributed by atoms with Crippen LogP contribution in [0.15, 0.2) is 84.9 Å². The summed E-state index contributed by atoms with van der Waals surface area (Å²) in [5.74, 6) is 0. The van der Waals surface area contributed by atoms with E-state index in [-0.39, 0.29) is 39.3 Å². The van der Waals surface area contributed by atoms with E-state index in [0.717, 1.165) is 0 Å². The average molecular weight is 737 g/mol. The number of nitrogens with zero attached hydrogens (tertiary/aromatic N) is 2. The maximum Gasteiger partial charge on any atom is 0.247 e. The lowest BCUT2D eigenvalue weighted by Crippen LogP contribution is -2.63. The van der Waals surface area contributed by atoms with Gasteiger partial charge >= 0.3 is 0 Å². The Labute approximate surface area is 336 Å². The molecule has 3 heteroatoms. The Bertz CT molecular complexity index is 2650. The van der Waals surface area contributed by atoms with E-state index in [2.05, 4.69) is 184 Å². The van der Waals surface area contributed by atoms with Gasteiger partial charge in [0.2, 0.25) is 6.71 Å². The van der Waals surface area contributed by atoms with Crippen LogP contribution < -0.4 is 21.3 Å². The van der Waals surface area contributed by atoms with Crippen molar-refractivity contribution in [3.63, 3.8) is 0 Å². The van der Waals surface area contributed by atoms with Crippen LogP contribution >= 0.6 is 0 Å². The summed E-state index contributed by atoms with van der Waals surface area (Å²) in [4.78, 5) is 2.79. The Balaban J connectivity index is 1.30. The van der Waals surface area contributed by atoms with Gasteiger partial charge in [-0.25, -0.2) is 0 Å². The summed E-state index contributed by atoms with van der Waals surface area (Å²) in [6.07, 6.45) is 4.98. The molecule has 3 aliphatic heterocycles. The van der Waals surface area contributed by atoms with Crippen molar-refractivity contribution in [3.05, 3.63) is 118 Å². The van der Waals surface area contributed by atoms with Crippen molar-refractivity contribution in [2.75, 3.05) is 4.90 Å². The molecule has 5 aromatic carbocycles. The normalized spacial score (nSPS) is 22.3. The fourth-order valence-electron chi connectivity index (χ4n) is 11.9. The predicted octanol–water partition coefficient (Wildman–Crippen LogP) is 11.9. The van der Waals surface area contributed by atoms with Gasteiger partial charge in [-0.1, -0.05) is 144 Å². The van der Waals surface area contributed by atoms with Gasteiger partial charge in [-0.2, -0.15) is 0 Å². The summed E-state index contributed by atoms with van der Waals surface area (Å²) < 4.78 is 2.64. The fourth-order valence-corrected chi connectivity index (χ4v) is 11.9. The molecule has 0 amide bonds. The molecule has 0 N–H and O–H groups in total. The van der Waals surface area contributed by atoms with Gasteiger partial charge in [-0.05, 0) is 123 Å². The number of aromatic nitrogens is 1. The number of hydrogen-bond donors (Lipinski definition) is 0. The monoisotopic (exact) mass is 736 g/mol. The van der Waals surface area contributed by atoms with Crippen LogP contribution in [0.25, 0.3) is 27.5 Å². The molecular formula is C53H61BN2. The fraction of sp³-hybridized carbons (Fsp3) is 0.434. The molecule has 0 saturated heterocycles. The smallest absolute Gasteiger partial charge is 0.247 e. The van der Waals surface area contributed by atoms with Crippen LogP contribution in [0.5, 0.6) is 0 Å². The van der Waals surface area contributed by atoms with Crippen molar-refractivity contribution in [2.24, 2.45) is 0 Å². The number of fused-ring (bicyclic) bond motifs is 10. The Morgan fingerprint density at radius 1 is 0.554 bits per heavy atom. The first-order valence-corrected chi connectivity index (χ1v) is 21.5. The molecule has 2 nitrogen and oxygen atoms in total. The summed E-state index contributed by atoms with van der Waals surface area (Å²) in [5, 5.41) is 2.77. The minimum absolute atomic E-state index is 0.00783. The first-order valence-electron chi connectivity index (χ1n) is 21.5. The molecule has 6 aromatic rings. The van der Waals surface area contributed by atoms with E-state index in [0.29, 0.717) is 0 Å². The van der Waals surface area contributed by atoms with Gasteiger partial charge < -0.3 is 9.47 Å². The van der Waals surface area contributed by atoms with Crippen LogP contribution in [0.3, 0.4) is 0 Å². The van der Waals surface area contributed by atoms with Crippen LogP contribution in [-0.2, 0) is 27.1 Å². The molecule has 4 aliphatic rings. The maximum atomic E-state index is 2.79. The second-order valence-corrected chi connectivity index (χ2v) is 22.2. The first-order chi connectivity index (χ1) is 26.2. The summed E-state index contributed by atoms with van der Waals surface area (Å²) in [6, 6.07) is 34.7. The zero-order chi connectivity index (χ0) is 39.7. The number of benzene rings is 5. The zero-order valence-corrected chi connectivity index (χ0v) is 36.4. The SMILES string of the molecule is CC(C)(C)c1ccc(N2c3cc4c(cc3C3(C)CCCCC23C)B2c3c(cccc3C4(C)C)-n3c4ccc(C(C)(C)C)cc4c4cc(C(C)(C)C)cc2c43)cc1. The van der Waals surface area contributed by atoms with Gasteiger partial charge in [0.05, 0.1) is 11.1 Å². The third-order valence-electron chi connectivity index (χ3n) is 15.5. The molecule has 0 bridgehead atoms. The van der Waals surface area contributed by atoms with Gasteiger partial charge in [-0.15, -0.1) is 0 Å². The highest BCUT2D eigenvalue weighted by molar-refractivity contribution is 6.99. The molecule has 2 unspecified atom stereocenters. The summed E-state index contributed by atoms with van der Waals surface area (Å²) in [7, 11) is 0. The third-order valence-corrected chi connectivity index (χ3v) is 15.5. The van der Waals surface area contributed by atoms with Gasteiger partial charge in [0.1, 0.15) is 0 Å². The Hall–Kier alpha value is -4.24. The zero-order valence-electron chi connectivity index (χ0n) is 36.4. The van der Waals surface area contributed by atoms with E-state index in [4.69, 9.17) is 0 Å². The molecule has 2 atom stereocenters. The van der Waals surface area contributed by atoms with Crippen LogP contribution in [0, 0.1) is 0 Å². The van der Waals surface area contributed by atoms with E-state index in [1.165, 1.54) is 109 Å². The van der Waals surface area contributed by atoms with Gasteiger partial charge in [0.25, 0.3) is 0 Å². The second-order valence-electron chi connectivity index (χ2n) is 22.2. The van der Waals surface area contributed by atoms with E-state index in [9.17, 15) is 0 Å². The van der Waals surface area contributed by atoms with Crippen molar-refractivity contribution in [2.45, 2.75) is 148 Å². The Morgan fingerprint density at radius 3 is 1.88 bits per heavy atom. The van der Waals surface area contributed by atoms with E-state index >= 15 is 0 Å². The van der Waals surface area contributed by atoms with Gasteiger partial charge in [0.15, 0.2) is 0 Å². The van der Waals surface area contributed by atoms with Crippen LogP contribution in [0.1, 0.15) is 149 Å². The second kappa shape index (κ2) is 11.0. The van der Waals surface area contributed by atoms with Gasteiger partial charge in [-0.3, -0.25) is 0 Å². The molecule has 1 aliphatic carbocycles. The third kappa shape index (κ3) is 4.58. The van der Waals surface area contributed by atoms with Crippen LogP contribution in [0.2, 0.25) is 0 Å². The van der Waals surface area contributed by atoms with Crippen molar-refractivity contribution < 1.29 is 0 Å². The largest absolute Gasteiger partial charge is 0.334 e. The average Bonchev–Trinajstić information content (AvgIpc) is 3.56. The lowest BCUT2D eigenvalue weighted by atomic mass is 9.30. The Morgan fingerprint density at radius 2 is 1.20 bits per heavy atom. The summed E-state index contributed by atoms with van der Waals surface area (Å²) >= 11 is 0. The summed E-state index contributed by atoms with van der Waals surface area (Å²) in [5.41, 5.74) is 20.1. The number of anilines is 2. The lowest BCUT2D eigenvalue weighted by Gasteiger charge is -2.50. The molecule has 0 spiro atoms. The molecule has 1 saturated carbocycles. The van der Waals surface area contributed by atoms with Crippen molar-refractivity contribution >= 4 is 56.3 Å². The molecule has 1 fully saturated rings. The van der Waals surface area contributed by atoms with Crippen LogP contribution in [0.4, 0.5) is 11.4 Å². The predicted molar refractivity (Wildman–Crippen MR) is 243 cm³/mol. The van der Waals surface area contributed by atoms with Crippen LogP contribution in [-0.4, -0.2) is 16.8 Å². The lowest BCUT2D eigenvalue weighted by molar-refractivity contribution is 0.195. The molecule has 4 heterocycles. The molecule has 0 radical (unpaired) electrons. The minimum Gasteiger partial charge on any atom is -0.334 e. The molecular weight excluding hydrogens is 675 g/mol. The number of rotatable bonds is 1. The Kier molecular flexibility index (Phi) is 7.12.